The van der Waals surface area contributed by atoms with Gasteiger partial charge in [0, 0.05) is 0 Å². The Bertz CT molecular complexity index is 138. The fourth-order valence-electron chi connectivity index (χ4n) is 0.924. The fraction of sp³-hybridized carbons (Fsp3) is 0.857. The van der Waals surface area contributed by atoms with Crippen molar-refractivity contribution in [1.29, 1.82) is 0 Å². The summed E-state index contributed by atoms with van der Waals surface area (Å²) in [5.74, 6) is -0.805. The lowest BCUT2D eigenvalue weighted by Gasteiger charge is -2.02. The molecule has 0 aromatic heterocycles. The normalized spacial score (nSPS) is 30.1. The molecule has 0 bridgehead atoms. The van der Waals surface area contributed by atoms with Crippen molar-refractivity contribution >= 4 is 5.97 Å². The third-order valence-corrected chi connectivity index (χ3v) is 1.82. The first kappa shape index (κ1) is 7.54. The Hall–Kier alpha value is -0.570. The summed E-state index contributed by atoms with van der Waals surface area (Å²) in [5, 5.41) is 8.61. The Labute approximate surface area is 60.0 Å². The maximum atomic E-state index is 10.5. The fourth-order valence-corrected chi connectivity index (χ4v) is 0.924. The van der Waals surface area contributed by atoms with Crippen LogP contribution in [0.2, 0.25) is 0 Å². The molecule has 1 atom stereocenters. The van der Waals surface area contributed by atoms with Crippen LogP contribution in [0.4, 0.5) is 0 Å². The predicted molar refractivity (Wildman–Crippen MR) is 35.8 cm³/mol. The summed E-state index contributed by atoms with van der Waals surface area (Å²) in [6, 6.07) is 0. The molecule has 0 aliphatic carbocycles. The third-order valence-electron chi connectivity index (χ3n) is 1.82. The standard InChI is InChI=1S/C7H12O3/c1-2-3-4-7(5-10-7)6(8)9/h2-5H2,1H3,(H,8,9)/t7-/m1/s1. The number of carboxylic acids is 1. The Kier molecular flexibility index (Phi) is 1.94. The summed E-state index contributed by atoms with van der Waals surface area (Å²) < 4.78 is 4.86. The van der Waals surface area contributed by atoms with E-state index in [1.54, 1.807) is 0 Å². The minimum Gasteiger partial charge on any atom is -0.479 e. The van der Waals surface area contributed by atoms with E-state index in [4.69, 9.17) is 9.84 Å². The SMILES string of the molecule is CCCC[C@]1(C(=O)O)CO1. The quantitative estimate of drug-likeness (QED) is 0.599. The van der Waals surface area contributed by atoms with Crippen molar-refractivity contribution in [1.82, 2.24) is 0 Å². The molecule has 1 N–H and O–H groups in total. The number of carbonyl (C=O) groups is 1. The third kappa shape index (κ3) is 1.29. The van der Waals surface area contributed by atoms with Gasteiger partial charge in [-0.25, -0.2) is 4.79 Å². The second-order valence-electron chi connectivity index (χ2n) is 2.69. The number of rotatable bonds is 4. The minimum atomic E-state index is -0.805. The molecule has 0 radical (unpaired) electrons. The Morgan fingerprint density at radius 2 is 2.40 bits per heavy atom. The number of aliphatic carboxylic acids is 1. The molecule has 0 aromatic carbocycles. The summed E-state index contributed by atoms with van der Waals surface area (Å²) in [6.45, 7) is 2.44. The lowest BCUT2D eigenvalue weighted by molar-refractivity contribution is -0.143. The van der Waals surface area contributed by atoms with Crippen molar-refractivity contribution in [3.8, 4) is 0 Å². The number of ether oxygens (including phenoxy) is 1. The van der Waals surface area contributed by atoms with Crippen LogP contribution in [0.25, 0.3) is 0 Å². The zero-order valence-corrected chi connectivity index (χ0v) is 6.09. The molecule has 1 fully saturated rings. The van der Waals surface area contributed by atoms with Crippen LogP contribution in [0, 0.1) is 0 Å². The second kappa shape index (κ2) is 2.58. The Morgan fingerprint density at radius 1 is 1.80 bits per heavy atom. The van der Waals surface area contributed by atoms with E-state index in [9.17, 15) is 4.79 Å². The van der Waals surface area contributed by atoms with Crippen molar-refractivity contribution in [2.45, 2.75) is 31.8 Å². The largest absolute Gasteiger partial charge is 0.479 e. The number of hydrogen-bond acceptors (Lipinski definition) is 2. The van der Waals surface area contributed by atoms with Crippen LogP contribution >= 0.6 is 0 Å². The molecule has 1 aliphatic rings. The summed E-state index contributed by atoms with van der Waals surface area (Å²) >= 11 is 0. The molecule has 0 aromatic rings. The van der Waals surface area contributed by atoms with E-state index < -0.39 is 11.6 Å². The van der Waals surface area contributed by atoms with Gasteiger partial charge in [0.05, 0.1) is 6.61 Å². The molecule has 1 heterocycles. The van der Waals surface area contributed by atoms with E-state index in [0.717, 1.165) is 12.8 Å². The first-order valence-electron chi connectivity index (χ1n) is 3.58. The van der Waals surface area contributed by atoms with Crippen LogP contribution in [0.1, 0.15) is 26.2 Å². The molecule has 3 heteroatoms. The zero-order chi connectivity index (χ0) is 7.61. The van der Waals surface area contributed by atoms with Gasteiger partial charge in [0.1, 0.15) is 0 Å². The van der Waals surface area contributed by atoms with Gasteiger partial charge in [-0.15, -0.1) is 0 Å². The van der Waals surface area contributed by atoms with E-state index in [-0.39, 0.29) is 0 Å². The van der Waals surface area contributed by atoms with Crippen LogP contribution in [0.3, 0.4) is 0 Å². The summed E-state index contributed by atoms with van der Waals surface area (Å²) in [7, 11) is 0. The molecule has 0 unspecified atom stereocenters. The van der Waals surface area contributed by atoms with Gasteiger partial charge in [0.2, 0.25) is 0 Å². The van der Waals surface area contributed by atoms with Crippen LogP contribution in [0.5, 0.6) is 0 Å². The van der Waals surface area contributed by atoms with Crippen molar-refractivity contribution in [3.63, 3.8) is 0 Å². The summed E-state index contributed by atoms with van der Waals surface area (Å²) in [5.41, 5.74) is -0.782. The molecule has 3 nitrogen and oxygen atoms in total. The van der Waals surface area contributed by atoms with Gasteiger partial charge in [0.25, 0.3) is 0 Å². The smallest absolute Gasteiger partial charge is 0.338 e. The average Bonchev–Trinajstić information content (AvgIpc) is 2.64. The molecule has 0 amide bonds. The van der Waals surface area contributed by atoms with Crippen LogP contribution in [0.15, 0.2) is 0 Å². The highest BCUT2D eigenvalue weighted by Crippen LogP contribution is 2.32. The average molecular weight is 144 g/mol. The van der Waals surface area contributed by atoms with Crippen LogP contribution in [-0.2, 0) is 9.53 Å². The van der Waals surface area contributed by atoms with Gasteiger partial charge < -0.3 is 9.84 Å². The van der Waals surface area contributed by atoms with Gasteiger partial charge in [-0.05, 0) is 6.42 Å². The number of hydrogen-bond donors (Lipinski definition) is 1. The van der Waals surface area contributed by atoms with Gasteiger partial charge in [-0.2, -0.15) is 0 Å². The lowest BCUT2D eigenvalue weighted by Crippen LogP contribution is -2.23. The summed E-state index contributed by atoms with van der Waals surface area (Å²) in [4.78, 5) is 10.5. The Morgan fingerprint density at radius 3 is 2.70 bits per heavy atom. The molecule has 0 spiro atoms. The second-order valence-corrected chi connectivity index (χ2v) is 2.69. The molecule has 1 rings (SSSR count). The highest BCUT2D eigenvalue weighted by Gasteiger charge is 2.51. The van der Waals surface area contributed by atoms with Gasteiger partial charge >= 0.3 is 5.97 Å². The summed E-state index contributed by atoms with van der Waals surface area (Å²) in [6.07, 6.45) is 2.63. The van der Waals surface area contributed by atoms with Gasteiger partial charge in [-0.3, -0.25) is 0 Å². The molecular weight excluding hydrogens is 132 g/mol. The topological polar surface area (TPSA) is 49.8 Å². The highest BCUT2D eigenvalue weighted by atomic mass is 16.6. The number of epoxide rings is 1. The number of unbranched alkanes of at least 4 members (excludes halogenated alkanes) is 1. The molecule has 58 valence electrons. The maximum Gasteiger partial charge on any atom is 0.338 e. The lowest BCUT2D eigenvalue weighted by atomic mass is 10.0. The molecular formula is C7H12O3. The Balaban J connectivity index is 2.31. The van der Waals surface area contributed by atoms with E-state index in [0.29, 0.717) is 13.0 Å². The first-order valence-corrected chi connectivity index (χ1v) is 3.58. The van der Waals surface area contributed by atoms with Crippen LogP contribution in [-0.4, -0.2) is 23.3 Å². The highest BCUT2D eigenvalue weighted by molar-refractivity contribution is 5.80. The first-order chi connectivity index (χ1) is 4.71. The molecule has 0 saturated carbocycles. The van der Waals surface area contributed by atoms with Crippen molar-refractivity contribution in [2.75, 3.05) is 6.61 Å². The van der Waals surface area contributed by atoms with Crippen molar-refractivity contribution in [3.05, 3.63) is 0 Å². The number of carboxylic acid groups (broad SMARTS) is 1. The van der Waals surface area contributed by atoms with Crippen molar-refractivity contribution < 1.29 is 14.6 Å². The van der Waals surface area contributed by atoms with E-state index in [1.807, 2.05) is 6.92 Å². The van der Waals surface area contributed by atoms with E-state index in [1.165, 1.54) is 0 Å². The molecule has 1 aliphatic heterocycles. The maximum absolute atomic E-state index is 10.5. The van der Waals surface area contributed by atoms with Gasteiger partial charge in [0.15, 0.2) is 5.60 Å². The van der Waals surface area contributed by atoms with Crippen molar-refractivity contribution in [2.24, 2.45) is 0 Å². The van der Waals surface area contributed by atoms with Gasteiger partial charge in [-0.1, -0.05) is 19.8 Å². The van der Waals surface area contributed by atoms with E-state index >= 15 is 0 Å². The molecule has 1 saturated heterocycles. The predicted octanol–water partition coefficient (Wildman–Crippen LogP) is 1.03. The minimum absolute atomic E-state index is 0.405. The molecule has 10 heavy (non-hydrogen) atoms. The van der Waals surface area contributed by atoms with Crippen LogP contribution < -0.4 is 0 Å². The monoisotopic (exact) mass is 144 g/mol. The zero-order valence-electron chi connectivity index (χ0n) is 6.09. The van der Waals surface area contributed by atoms with E-state index in [2.05, 4.69) is 0 Å².